The van der Waals surface area contributed by atoms with Crippen molar-refractivity contribution in [2.24, 2.45) is 22.7 Å². The van der Waals surface area contributed by atoms with E-state index in [0.29, 0.717) is 79.6 Å². The zero-order valence-electron chi connectivity index (χ0n) is 49.1. The number of allylic oxidation sites excluding steroid dienone is 5. The smallest absolute Gasteiger partial charge is 0.369 e. The molecule has 430 valence electrons. The molecule has 3 heterocycles. The number of hydrogen-bond donors (Lipinski definition) is 6. The molecule has 2 saturated heterocycles. The van der Waals surface area contributed by atoms with Crippen LogP contribution in [0.4, 0.5) is 13.2 Å². The van der Waals surface area contributed by atoms with Gasteiger partial charge in [0.25, 0.3) is 0 Å². The lowest BCUT2D eigenvalue weighted by Gasteiger charge is -2.55. The Labute approximate surface area is 464 Å². The average molecular weight is 1080 g/mol. The Bertz CT molecular complexity index is 2100. The first-order valence-electron chi connectivity index (χ1n) is 29.8. The molecule has 1 aromatic carbocycles. The molecule has 11 nitrogen and oxygen atoms in total. The van der Waals surface area contributed by atoms with E-state index in [4.69, 9.17) is 16.6 Å². The number of nitrogens with zero attached hydrogens (tertiary/aromatic N) is 5. The Morgan fingerprint density at radius 1 is 0.868 bits per heavy atom. The summed E-state index contributed by atoms with van der Waals surface area (Å²) in [6, 6.07) is 7.14. The standard InChI is InChI=1S/C61H103ClF3N11/c1-13-42(3)57-36-68-45(6)46(7)69-37-58-43(4)38-76(58)59(51-20-15-16-21-51)48(9)72-60(28-17-18-29-60)41-67-32-31-66-30-27-52(25-23-50-24-26-55(56(62)34-50)61(63,64)65)70-35-44(5)73(11)39-53(14-2)74(12)40-54-22-19-33-75(54)49(10)47(8)71-57/h24,26-27,30,34-35,39-40,42-43,45-49,51,57-59,67-72H,13-23,25,28-29,31-33,36-38,41H2,1-12H3/t42-,43+,45-,46?,47?,48?,49-,57+,58?,59+/m0/s1. The third-order valence-electron chi connectivity index (χ3n) is 18.5. The van der Waals surface area contributed by atoms with E-state index >= 15 is 0 Å². The highest BCUT2D eigenvalue weighted by molar-refractivity contribution is 6.31. The molecule has 0 bridgehead atoms. The summed E-state index contributed by atoms with van der Waals surface area (Å²) < 4.78 is 40.7. The molecule has 6 N–H and O–H groups in total. The molecule has 10 atom stereocenters. The Hall–Kier alpha value is -3.11. The third kappa shape index (κ3) is 17.2. The fourth-order valence-corrected chi connectivity index (χ4v) is 13.2. The second-order valence-electron chi connectivity index (χ2n) is 24.1. The number of aryl methyl sites for hydroxylation is 1. The Morgan fingerprint density at radius 3 is 2.24 bits per heavy atom. The zero-order chi connectivity index (χ0) is 55.2. The molecule has 3 aliphatic heterocycles. The predicted octanol–water partition coefficient (Wildman–Crippen LogP) is 11.3. The van der Waals surface area contributed by atoms with Gasteiger partial charge in [0.1, 0.15) is 0 Å². The minimum atomic E-state index is -4.50. The Balaban J connectivity index is 1.24. The molecule has 1 aromatic rings. The van der Waals surface area contributed by atoms with Crippen LogP contribution in [0.5, 0.6) is 0 Å². The highest BCUT2D eigenvalue weighted by atomic mass is 35.5. The molecular formula is C61H103ClF3N11. The zero-order valence-corrected chi connectivity index (χ0v) is 49.8. The molecule has 6 rings (SSSR count). The van der Waals surface area contributed by atoms with Crippen molar-refractivity contribution in [3.63, 3.8) is 0 Å². The number of aliphatic imine (C=N–C) groups is 1. The summed E-state index contributed by atoms with van der Waals surface area (Å²) in [6.45, 7) is 30.0. The quantitative estimate of drug-likeness (QED) is 0.158. The first kappa shape index (κ1) is 62.1. The van der Waals surface area contributed by atoms with Gasteiger partial charge in [0, 0.05) is 155 Å². The molecule has 0 amide bonds. The molecular weight excluding hydrogens is 979 g/mol. The van der Waals surface area contributed by atoms with Crippen LogP contribution in [0, 0.1) is 17.8 Å². The maximum absolute atomic E-state index is 13.6. The minimum Gasteiger partial charge on any atom is -0.369 e. The van der Waals surface area contributed by atoms with E-state index < -0.39 is 11.7 Å². The van der Waals surface area contributed by atoms with Crippen LogP contribution in [-0.4, -0.2) is 140 Å². The fourth-order valence-electron chi connectivity index (χ4n) is 12.9. The van der Waals surface area contributed by atoms with Crippen molar-refractivity contribution < 1.29 is 13.2 Å². The summed E-state index contributed by atoms with van der Waals surface area (Å²) in [4.78, 5) is 14.8. The largest absolute Gasteiger partial charge is 0.417 e. The van der Waals surface area contributed by atoms with Crippen LogP contribution in [0.1, 0.15) is 164 Å². The van der Waals surface area contributed by atoms with Crippen LogP contribution in [0.2, 0.25) is 5.02 Å². The van der Waals surface area contributed by atoms with Gasteiger partial charge >= 0.3 is 6.18 Å². The van der Waals surface area contributed by atoms with Crippen molar-refractivity contribution in [1.29, 1.82) is 0 Å². The number of halogens is 4. The number of rotatable bonds is 7. The average Bonchev–Trinajstić information content (AvgIpc) is 4.19. The molecule has 4 fully saturated rings. The van der Waals surface area contributed by atoms with E-state index in [-0.39, 0.29) is 10.6 Å². The SMILES string of the molecule is CCC1=CN(C)C(C)=CNC(CCc2ccc(C(F)(F)F)c(Cl)c2)=CC=NCCNCC2(CCCC2)NC(C)[C@H](C2CCCC2)N2C[C@@H](C)C2CNC(C)[C@H](C)NC[C@H]([C@@H](C)CC)NC(C)[C@H](C)N2CCCC2=CN1C. The van der Waals surface area contributed by atoms with Crippen molar-refractivity contribution in [1.82, 2.24) is 51.5 Å². The van der Waals surface area contributed by atoms with Gasteiger partial charge in [0.2, 0.25) is 0 Å². The topological polar surface area (TPSA) is 97.5 Å². The van der Waals surface area contributed by atoms with E-state index in [1.165, 1.54) is 81.4 Å². The van der Waals surface area contributed by atoms with Crippen molar-refractivity contribution in [2.75, 3.05) is 59.9 Å². The van der Waals surface area contributed by atoms with Gasteiger partial charge in [0.05, 0.1) is 17.1 Å². The Kier molecular flexibility index (Phi) is 24.0. The molecule has 2 saturated carbocycles. The summed E-state index contributed by atoms with van der Waals surface area (Å²) in [5, 5.41) is 23.7. The van der Waals surface area contributed by atoms with Crippen LogP contribution >= 0.6 is 11.6 Å². The maximum atomic E-state index is 13.6. The molecule has 0 radical (unpaired) electrons. The highest BCUT2D eigenvalue weighted by Crippen LogP contribution is 2.40. The first-order chi connectivity index (χ1) is 36.2. The number of hydrogen-bond acceptors (Lipinski definition) is 11. The summed E-state index contributed by atoms with van der Waals surface area (Å²) in [5.41, 5.74) is 4.48. The molecule has 4 unspecified atom stereocenters. The predicted molar refractivity (Wildman–Crippen MR) is 313 cm³/mol. The van der Waals surface area contributed by atoms with Crippen LogP contribution in [0.25, 0.3) is 0 Å². The molecule has 0 aromatic heterocycles. The number of nitrogens with one attached hydrogen (secondary N) is 6. The van der Waals surface area contributed by atoms with Gasteiger partial charge in [-0.15, -0.1) is 0 Å². The van der Waals surface area contributed by atoms with Crippen LogP contribution < -0.4 is 31.9 Å². The van der Waals surface area contributed by atoms with E-state index in [1.54, 1.807) is 0 Å². The molecule has 2 aliphatic carbocycles. The van der Waals surface area contributed by atoms with Crippen molar-refractivity contribution in [3.05, 3.63) is 81.8 Å². The molecule has 1 spiro atoms. The summed E-state index contributed by atoms with van der Waals surface area (Å²) in [5.74, 6) is 1.93. The summed E-state index contributed by atoms with van der Waals surface area (Å²) >= 11 is 6.15. The van der Waals surface area contributed by atoms with Gasteiger partial charge in [0.15, 0.2) is 0 Å². The van der Waals surface area contributed by atoms with Crippen LogP contribution in [-0.2, 0) is 12.6 Å². The van der Waals surface area contributed by atoms with Gasteiger partial charge < -0.3 is 46.6 Å². The van der Waals surface area contributed by atoms with Gasteiger partial charge in [-0.05, 0) is 141 Å². The van der Waals surface area contributed by atoms with Crippen LogP contribution in [0.3, 0.4) is 0 Å². The lowest BCUT2D eigenvalue weighted by molar-refractivity contribution is -0.137. The van der Waals surface area contributed by atoms with Crippen molar-refractivity contribution in [2.45, 2.75) is 219 Å². The lowest BCUT2D eigenvalue weighted by atomic mass is 9.80. The normalized spacial score (nSPS) is 30.8. The van der Waals surface area contributed by atoms with E-state index in [0.717, 1.165) is 87.3 Å². The molecule has 15 heteroatoms. The fraction of sp³-hybridized carbons (Fsp3) is 0.754. The van der Waals surface area contributed by atoms with Crippen LogP contribution in [0.15, 0.2) is 70.7 Å². The second-order valence-corrected chi connectivity index (χ2v) is 24.5. The lowest BCUT2D eigenvalue weighted by Crippen LogP contribution is -2.70. The number of benzene rings is 1. The van der Waals surface area contributed by atoms with E-state index in [2.05, 4.69) is 147 Å². The van der Waals surface area contributed by atoms with Crippen molar-refractivity contribution in [3.8, 4) is 0 Å². The van der Waals surface area contributed by atoms with E-state index in [9.17, 15) is 13.2 Å². The van der Waals surface area contributed by atoms with Gasteiger partial charge in [-0.2, -0.15) is 13.2 Å². The molecule has 76 heavy (non-hydrogen) atoms. The second kappa shape index (κ2) is 29.4. The van der Waals surface area contributed by atoms with Gasteiger partial charge in [-0.25, -0.2) is 0 Å². The van der Waals surface area contributed by atoms with Gasteiger partial charge in [-0.1, -0.05) is 77.5 Å². The Morgan fingerprint density at radius 2 is 1.58 bits per heavy atom. The van der Waals surface area contributed by atoms with Gasteiger partial charge in [-0.3, -0.25) is 9.89 Å². The summed E-state index contributed by atoms with van der Waals surface area (Å²) in [7, 11) is 4.23. The van der Waals surface area contributed by atoms with Crippen molar-refractivity contribution >= 4 is 17.8 Å². The third-order valence-corrected chi connectivity index (χ3v) is 18.9. The highest BCUT2D eigenvalue weighted by Gasteiger charge is 2.47. The maximum Gasteiger partial charge on any atom is 0.417 e. The monoisotopic (exact) mass is 1080 g/mol. The number of fused-ring (bicyclic) bond motifs is 2. The first-order valence-corrected chi connectivity index (χ1v) is 30.2. The van der Waals surface area contributed by atoms with E-state index in [1.807, 2.05) is 18.5 Å². The number of alkyl halides is 3. The summed E-state index contributed by atoms with van der Waals surface area (Å²) in [6.07, 6.45) is 21.4. The minimum absolute atomic E-state index is 0.0699. The molecule has 5 aliphatic rings.